The third-order valence-electron chi connectivity index (χ3n) is 4.83. The van der Waals surface area contributed by atoms with E-state index in [1.165, 1.54) is 0 Å². The van der Waals surface area contributed by atoms with E-state index in [1.54, 1.807) is 23.1 Å². The van der Waals surface area contributed by atoms with Crippen LogP contribution in [0.5, 0.6) is 11.5 Å². The van der Waals surface area contributed by atoms with Gasteiger partial charge >= 0.3 is 0 Å². The maximum absolute atomic E-state index is 12.4. The normalized spacial score (nSPS) is 19.3. The summed E-state index contributed by atoms with van der Waals surface area (Å²) in [6.45, 7) is 2.04. The summed E-state index contributed by atoms with van der Waals surface area (Å²) in [6.07, 6.45) is 1.99. The molecule has 1 aromatic rings. The number of ether oxygens (including phenoxy) is 2. The van der Waals surface area contributed by atoms with Gasteiger partial charge in [0.1, 0.15) is 17.2 Å². The number of piperazine rings is 1. The van der Waals surface area contributed by atoms with Gasteiger partial charge in [-0.1, -0.05) is 6.07 Å². The molecule has 8 nitrogen and oxygen atoms in total. The summed E-state index contributed by atoms with van der Waals surface area (Å²) in [5.74, 6) is 0.982. The van der Waals surface area contributed by atoms with Crippen LogP contribution in [0.15, 0.2) is 18.2 Å². The molecule has 4 rings (SSSR count). The van der Waals surface area contributed by atoms with E-state index < -0.39 is 0 Å². The molecule has 1 N–H and O–H groups in total. The predicted octanol–water partition coefficient (Wildman–Crippen LogP) is 0.477. The van der Waals surface area contributed by atoms with Crippen molar-refractivity contribution in [3.63, 3.8) is 0 Å². The molecule has 1 saturated carbocycles. The number of amides is 3. The Balaban J connectivity index is 1.31. The minimum Gasteiger partial charge on any atom is -0.481 e. The van der Waals surface area contributed by atoms with Crippen LogP contribution in [0, 0.1) is 5.92 Å². The largest absolute Gasteiger partial charge is 0.481 e. The maximum Gasteiger partial charge on any atom is 0.262 e. The molecule has 8 heteroatoms. The molecule has 0 radical (unpaired) electrons. The lowest BCUT2D eigenvalue weighted by Crippen LogP contribution is -2.52. The highest BCUT2D eigenvalue weighted by Gasteiger charge is 2.35. The summed E-state index contributed by atoms with van der Waals surface area (Å²) in [5.41, 5.74) is 0.455. The van der Waals surface area contributed by atoms with Gasteiger partial charge in [0.25, 0.3) is 11.8 Å². The number of para-hydroxylation sites is 1. The molecular weight excluding hydrogens is 338 g/mol. The number of rotatable bonds is 4. The number of fused-ring (bicyclic) bond motifs is 1. The Morgan fingerprint density at radius 3 is 2.62 bits per heavy atom. The molecule has 0 bridgehead atoms. The van der Waals surface area contributed by atoms with Crippen LogP contribution in [0.4, 0.5) is 5.69 Å². The van der Waals surface area contributed by atoms with E-state index >= 15 is 0 Å². The van der Waals surface area contributed by atoms with Gasteiger partial charge in [0.05, 0.1) is 0 Å². The van der Waals surface area contributed by atoms with E-state index in [0.29, 0.717) is 43.4 Å². The van der Waals surface area contributed by atoms with Gasteiger partial charge in [-0.2, -0.15) is 0 Å². The zero-order valence-corrected chi connectivity index (χ0v) is 14.4. The highest BCUT2D eigenvalue weighted by atomic mass is 16.5. The maximum atomic E-state index is 12.4. The van der Waals surface area contributed by atoms with Gasteiger partial charge in [0.2, 0.25) is 5.91 Å². The molecule has 26 heavy (non-hydrogen) atoms. The van der Waals surface area contributed by atoms with Crippen molar-refractivity contribution in [2.75, 3.05) is 44.7 Å². The van der Waals surface area contributed by atoms with Gasteiger partial charge in [0.15, 0.2) is 13.2 Å². The molecule has 0 aromatic heterocycles. The standard InChI is InChI=1S/C18H21N3O5/c22-15-10-25-13-2-1-3-14(17(13)19-15)26-11-16(23)20-6-8-21(9-7-20)18(24)12-4-5-12/h1-3,12H,4-11H2,(H,19,22). The lowest BCUT2D eigenvalue weighted by atomic mass is 10.2. The summed E-state index contributed by atoms with van der Waals surface area (Å²) < 4.78 is 11.0. The second-order valence-electron chi connectivity index (χ2n) is 6.74. The average Bonchev–Trinajstić information content (AvgIpc) is 3.51. The Morgan fingerprint density at radius 2 is 1.88 bits per heavy atom. The van der Waals surface area contributed by atoms with Gasteiger partial charge in [0, 0.05) is 32.1 Å². The lowest BCUT2D eigenvalue weighted by Gasteiger charge is -2.34. The second kappa shape index (κ2) is 6.86. The van der Waals surface area contributed by atoms with Gasteiger partial charge in [-0.3, -0.25) is 14.4 Å². The number of carbonyl (C=O) groups excluding carboxylic acids is 3. The molecule has 3 amide bonds. The molecule has 2 heterocycles. The predicted molar refractivity (Wildman–Crippen MR) is 91.9 cm³/mol. The van der Waals surface area contributed by atoms with Crippen LogP contribution in [0.25, 0.3) is 0 Å². The fourth-order valence-corrected chi connectivity index (χ4v) is 3.19. The van der Waals surface area contributed by atoms with E-state index in [4.69, 9.17) is 9.47 Å². The third-order valence-corrected chi connectivity index (χ3v) is 4.83. The number of hydrogen-bond acceptors (Lipinski definition) is 5. The van der Waals surface area contributed by atoms with Crippen LogP contribution in [0.3, 0.4) is 0 Å². The van der Waals surface area contributed by atoms with E-state index in [9.17, 15) is 14.4 Å². The SMILES string of the molecule is O=C1COc2cccc(OCC(=O)N3CCN(C(=O)C4CC4)CC3)c2N1. The van der Waals surface area contributed by atoms with Crippen molar-refractivity contribution in [1.29, 1.82) is 0 Å². The fourth-order valence-electron chi connectivity index (χ4n) is 3.19. The van der Waals surface area contributed by atoms with E-state index in [0.717, 1.165) is 12.8 Å². The van der Waals surface area contributed by atoms with Crippen LogP contribution >= 0.6 is 0 Å². The number of hydrogen-bond donors (Lipinski definition) is 1. The van der Waals surface area contributed by atoms with Crippen molar-refractivity contribution in [2.24, 2.45) is 5.92 Å². The fraction of sp³-hybridized carbons (Fsp3) is 0.500. The van der Waals surface area contributed by atoms with Crippen LogP contribution in [0.1, 0.15) is 12.8 Å². The van der Waals surface area contributed by atoms with E-state index in [1.807, 2.05) is 4.90 Å². The third kappa shape index (κ3) is 3.44. The first-order valence-corrected chi connectivity index (χ1v) is 8.87. The molecule has 138 valence electrons. The number of anilines is 1. The first kappa shape index (κ1) is 16.7. The monoisotopic (exact) mass is 359 g/mol. The summed E-state index contributed by atoms with van der Waals surface area (Å²) in [7, 11) is 0. The molecule has 2 aliphatic heterocycles. The van der Waals surface area contributed by atoms with Crippen molar-refractivity contribution in [1.82, 2.24) is 9.80 Å². The molecule has 0 unspecified atom stereocenters. The van der Waals surface area contributed by atoms with E-state index in [-0.39, 0.29) is 36.9 Å². The molecular formula is C18H21N3O5. The van der Waals surface area contributed by atoms with Gasteiger partial charge in [-0.15, -0.1) is 0 Å². The Bertz CT molecular complexity index is 738. The number of nitrogens with one attached hydrogen (secondary N) is 1. The molecule has 0 atom stereocenters. The zero-order valence-electron chi connectivity index (χ0n) is 14.4. The molecule has 1 aromatic carbocycles. The Morgan fingerprint density at radius 1 is 1.15 bits per heavy atom. The van der Waals surface area contributed by atoms with Gasteiger partial charge < -0.3 is 24.6 Å². The molecule has 1 saturated heterocycles. The Labute approximate surface area is 151 Å². The van der Waals surface area contributed by atoms with Crippen molar-refractivity contribution in [2.45, 2.75) is 12.8 Å². The molecule has 1 aliphatic carbocycles. The number of carbonyl (C=O) groups is 3. The number of nitrogens with zero attached hydrogens (tertiary/aromatic N) is 2. The first-order valence-electron chi connectivity index (χ1n) is 8.87. The van der Waals surface area contributed by atoms with Crippen LogP contribution in [0.2, 0.25) is 0 Å². The lowest BCUT2D eigenvalue weighted by molar-refractivity contribution is -0.141. The topological polar surface area (TPSA) is 88.2 Å². The van der Waals surface area contributed by atoms with Crippen LogP contribution < -0.4 is 14.8 Å². The first-order chi connectivity index (χ1) is 12.6. The second-order valence-corrected chi connectivity index (χ2v) is 6.74. The average molecular weight is 359 g/mol. The number of benzene rings is 1. The molecule has 3 aliphatic rings. The van der Waals surface area contributed by atoms with Crippen molar-refractivity contribution in [3.05, 3.63) is 18.2 Å². The summed E-state index contributed by atoms with van der Waals surface area (Å²) in [5, 5.41) is 2.71. The Hall–Kier alpha value is -2.77. The van der Waals surface area contributed by atoms with E-state index in [2.05, 4.69) is 5.32 Å². The zero-order chi connectivity index (χ0) is 18.1. The smallest absolute Gasteiger partial charge is 0.262 e. The quantitative estimate of drug-likeness (QED) is 0.845. The summed E-state index contributed by atoms with van der Waals surface area (Å²) >= 11 is 0. The highest BCUT2D eigenvalue weighted by molar-refractivity contribution is 5.97. The van der Waals surface area contributed by atoms with Gasteiger partial charge in [-0.05, 0) is 25.0 Å². The molecule has 0 spiro atoms. The van der Waals surface area contributed by atoms with Crippen LogP contribution in [-0.4, -0.2) is 66.9 Å². The van der Waals surface area contributed by atoms with Crippen LogP contribution in [-0.2, 0) is 14.4 Å². The highest BCUT2D eigenvalue weighted by Crippen LogP contribution is 2.36. The van der Waals surface area contributed by atoms with Crippen molar-refractivity contribution in [3.8, 4) is 11.5 Å². The summed E-state index contributed by atoms with van der Waals surface area (Å²) in [4.78, 5) is 39.5. The van der Waals surface area contributed by atoms with Crippen molar-refractivity contribution < 1.29 is 23.9 Å². The minimum atomic E-state index is -0.253. The van der Waals surface area contributed by atoms with Crippen molar-refractivity contribution >= 4 is 23.4 Å². The summed E-state index contributed by atoms with van der Waals surface area (Å²) in [6, 6.07) is 5.17. The molecule has 2 fully saturated rings. The minimum absolute atomic E-state index is 0.0285. The Kier molecular flexibility index (Phi) is 4.40. The van der Waals surface area contributed by atoms with Gasteiger partial charge in [-0.25, -0.2) is 0 Å².